The van der Waals surface area contributed by atoms with E-state index in [1.165, 1.54) is 11.3 Å². The molecular weight excluding hydrogens is 404 g/mol. The maximum absolute atomic E-state index is 12.5. The van der Waals surface area contributed by atoms with E-state index >= 15 is 0 Å². The minimum atomic E-state index is -0.169. The van der Waals surface area contributed by atoms with E-state index in [0.29, 0.717) is 22.8 Å². The number of carbonyl (C=O) groups is 1. The summed E-state index contributed by atoms with van der Waals surface area (Å²) >= 11 is 1.42. The average molecular weight is 431 g/mol. The van der Waals surface area contributed by atoms with Crippen molar-refractivity contribution in [2.24, 2.45) is 7.05 Å². The van der Waals surface area contributed by atoms with Crippen molar-refractivity contribution >= 4 is 33.4 Å². The highest BCUT2D eigenvalue weighted by Gasteiger charge is 2.17. The van der Waals surface area contributed by atoms with E-state index in [4.69, 9.17) is 4.74 Å². The number of morpholine rings is 1. The smallest absolute Gasteiger partial charge is 0.253 e. The second-order valence-electron chi connectivity index (χ2n) is 7.57. The number of carbonyl (C=O) groups excluding carboxylic acids is 1. The lowest BCUT2D eigenvalue weighted by Gasteiger charge is -2.25. The quantitative estimate of drug-likeness (QED) is 0.617. The van der Waals surface area contributed by atoms with E-state index < -0.39 is 0 Å². The van der Waals surface area contributed by atoms with Crippen LogP contribution in [0.1, 0.15) is 28.9 Å². The summed E-state index contributed by atoms with van der Waals surface area (Å²) in [5.74, 6) is -0.149. The number of pyridine rings is 1. The summed E-state index contributed by atoms with van der Waals surface area (Å²) in [6.07, 6.45) is 0.580. The maximum Gasteiger partial charge on any atom is 0.253 e. The number of aryl methyl sites for hydroxylation is 3. The Balaban J connectivity index is 1.38. The molecule has 1 fully saturated rings. The fourth-order valence-corrected chi connectivity index (χ4v) is 4.62. The van der Waals surface area contributed by atoms with Gasteiger partial charge in [-0.05, 0) is 25.8 Å². The normalized spacial score (nSPS) is 15.0. The summed E-state index contributed by atoms with van der Waals surface area (Å²) in [6.45, 7) is 7.88. The monoisotopic (exact) mass is 430 g/mol. The summed E-state index contributed by atoms with van der Waals surface area (Å²) < 4.78 is 7.03. The average Bonchev–Trinajstić information content (AvgIpc) is 3.25. The Morgan fingerprint density at radius 2 is 2.10 bits per heavy atom. The van der Waals surface area contributed by atoms with Crippen molar-refractivity contribution in [3.8, 4) is 0 Å². The zero-order chi connectivity index (χ0) is 21.3. The van der Waals surface area contributed by atoms with Crippen LogP contribution in [0.25, 0.3) is 11.0 Å². The molecule has 0 saturated carbocycles. The SMILES string of the molecule is Cc1nn(C)c2[nH]c(=O)c(CCC(=O)Nc3nc(CN4CCOCC4)cs3)c(C)c12. The Morgan fingerprint density at radius 1 is 1.33 bits per heavy atom. The van der Waals surface area contributed by atoms with Gasteiger partial charge < -0.3 is 15.0 Å². The fourth-order valence-electron chi connectivity index (χ4n) is 3.90. The molecule has 3 aromatic heterocycles. The summed E-state index contributed by atoms with van der Waals surface area (Å²) in [6, 6.07) is 0. The lowest BCUT2D eigenvalue weighted by atomic mass is 10.0. The molecule has 0 aromatic carbocycles. The van der Waals surface area contributed by atoms with Gasteiger partial charge in [-0.2, -0.15) is 5.10 Å². The largest absolute Gasteiger partial charge is 0.379 e. The standard InChI is InChI=1S/C20H26N6O3S/c1-12-15(19(28)23-18-17(12)13(2)24-25(18)3)4-5-16(27)22-20-21-14(11-30-20)10-26-6-8-29-9-7-26/h11H,4-10H2,1-3H3,(H,23,28)(H,21,22,27). The molecule has 0 aliphatic carbocycles. The van der Waals surface area contributed by atoms with Crippen LogP contribution in [0, 0.1) is 13.8 Å². The number of hydrogen-bond acceptors (Lipinski definition) is 7. The maximum atomic E-state index is 12.5. The number of fused-ring (bicyclic) bond motifs is 1. The second-order valence-corrected chi connectivity index (χ2v) is 8.43. The minimum absolute atomic E-state index is 0.149. The third-order valence-electron chi connectivity index (χ3n) is 5.45. The number of nitrogens with one attached hydrogen (secondary N) is 2. The van der Waals surface area contributed by atoms with Crippen LogP contribution in [-0.4, -0.2) is 56.9 Å². The van der Waals surface area contributed by atoms with Crippen molar-refractivity contribution in [1.29, 1.82) is 0 Å². The first-order valence-corrected chi connectivity index (χ1v) is 10.9. The number of aromatic nitrogens is 4. The van der Waals surface area contributed by atoms with E-state index in [1.807, 2.05) is 19.2 Å². The Kier molecular flexibility index (Phi) is 5.98. The van der Waals surface area contributed by atoms with Crippen molar-refractivity contribution in [3.05, 3.63) is 38.2 Å². The first-order valence-electron chi connectivity index (χ1n) is 10.0. The van der Waals surface area contributed by atoms with Gasteiger partial charge in [0.2, 0.25) is 5.91 Å². The van der Waals surface area contributed by atoms with E-state index in [0.717, 1.165) is 55.2 Å². The molecule has 1 aliphatic heterocycles. The Bertz CT molecular complexity index is 1130. The summed E-state index contributed by atoms with van der Waals surface area (Å²) in [5, 5.41) is 10.7. The van der Waals surface area contributed by atoms with Gasteiger partial charge >= 0.3 is 0 Å². The van der Waals surface area contributed by atoms with Crippen LogP contribution in [0.4, 0.5) is 5.13 Å². The molecule has 1 amide bonds. The second kappa shape index (κ2) is 8.66. The molecule has 1 aliphatic rings. The van der Waals surface area contributed by atoms with E-state index in [9.17, 15) is 9.59 Å². The number of aromatic amines is 1. The molecule has 9 nitrogen and oxygen atoms in total. The highest BCUT2D eigenvalue weighted by molar-refractivity contribution is 7.13. The van der Waals surface area contributed by atoms with Crippen LogP contribution >= 0.6 is 11.3 Å². The number of ether oxygens (including phenoxy) is 1. The highest BCUT2D eigenvalue weighted by atomic mass is 32.1. The molecule has 4 heterocycles. The van der Waals surface area contributed by atoms with Gasteiger partial charge in [0.15, 0.2) is 5.13 Å². The zero-order valence-corrected chi connectivity index (χ0v) is 18.3. The Hall–Kier alpha value is -2.56. The molecule has 1 saturated heterocycles. The number of thiazole rings is 1. The van der Waals surface area contributed by atoms with E-state index in [2.05, 4.69) is 25.3 Å². The predicted molar refractivity (Wildman–Crippen MR) is 116 cm³/mol. The molecule has 3 aromatic rings. The topological polar surface area (TPSA) is 105 Å². The summed E-state index contributed by atoms with van der Waals surface area (Å²) in [4.78, 5) is 34.7. The molecule has 0 spiro atoms. The van der Waals surface area contributed by atoms with Gasteiger partial charge in [0.05, 0.1) is 24.6 Å². The van der Waals surface area contributed by atoms with Gasteiger partial charge in [-0.25, -0.2) is 4.98 Å². The molecule has 30 heavy (non-hydrogen) atoms. The molecule has 0 atom stereocenters. The summed E-state index contributed by atoms with van der Waals surface area (Å²) in [5.41, 5.74) is 3.86. The minimum Gasteiger partial charge on any atom is -0.379 e. The molecule has 0 unspecified atom stereocenters. The van der Waals surface area contributed by atoms with Gasteiger partial charge in [-0.3, -0.25) is 19.2 Å². The molecule has 4 rings (SSSR count). The van der Waals surface area contributed by atoms with Crippen molar-refractivity contribution in [2.45, 2.75) is 33.2 Å². The van der Waals surface area contributed by atoms with Crippen molar-refractivity contribution < 1.29 is 9.53 Å². The Morgan fingerprint density at radius 3 is 2.87 bits per heavy atom. The molecule has 10 heteroatoms. The van der Waals surface area contributed by atoms with Crippen LogP contribution in [0.3, 0.4) is 0 Å². The van der Waals surface area contributed by atoms with Gasteiger partial charge in [-0.15, -0.1) is 11.3 Å². The van der Waals surface area contributed by atoms with Crippen LogP contribution in [0.5, 0.6) is 0 Å². The lowest BCUT2D eigenvalue weighted by molar-refractivity contribution is -0.116. The van der Waals surface area contributed by atoms with Crippen molar-refractivity contribution in [2.75, 3.05) is 31.6 Å². The first-order chi connectivity index (χ1) is 14.4. The highest BCUT2D eigenvalue weighted by Crippen LogP contribution is 2.22. The number of amides is 1. The molecule has 160 valence electrons. The van der Waals surface area contributed by atoms with Gasteiger partial charge in [0, 0.05) is 49.4 Å². The predicted octanol–water partition coefficient (Wildman–Crippen LogP) is 1.74. The Labute approximate surface area is 178 Å². The molecule has 2 N–H and O–H groups in total. The third-order valence-corrected chi connectivity index (χ3v) is 6.25. The van der Waals surface area contributed by atoms with Crippen LogP contribution < -0.4 is 10.9 Å². The first kappa shape index (κ1) is 20.7. The van der Waals surface area contributed by atoms with Crippen LogP contribution in [-0.2, 0) is 29.5 Å². The van der Waals surface area contributed by atoms with Crippen LogP contribution in [0.15, 0.2) is 10.2 Å². The van der Waals surface area contributed by atoms with Crippen LogP contribution in [0.2, 0.25) is 0 Å². The number of anilines is 1. The summed E-state index contributed by atoms with van der Waals surface area (Å²) in [7, 11) is 1.80. The fraction of sp³-hybridized carbons (Fsp3) is 0.500. The van der Waals surface area contributed by atoms with E-state index in [1.54, 1.807) is 11.7 Å². The number of nitrogens with zero attached hydrogens (tertiary/aromatic N) is 4. The van der Waals surface area contributed by atoms with E-state index in [-0.39, 0.29) is 17.9 Å². The molecule has 0 radical (unpaired) electrons. The van der Waals surface area contributed by atoms with Crippen molar-refractivity contribution in [1.82, 2.24) is 24.6 Å². The van der Waals surface area contributed by atoms with Crippen molar-refractivity contribution in [3.63, 3.8) is 0 Å². The van der Waals surface area contributed by atoms with Gasteiger partial charge in [0.1, 0.15) is 5.65 Å². The van der Waals surface area contributed by atoms with Gasteiger partial charge in [-0.1, -0.05) is 0 Å². The molecular formula is C20H26N6O3S. The lowest BCUT2D eigenvalue weighted by Crippen LogP contribution is -2.35. The number of H-pyrrole nitrogens is 1. The number of hydrogen-bond donors (Lipinski definition) is 2. The third kappa shape index (κ3) is 4.30. The van der Waals surface area contributed by atoms with Gasteiger partial charge in [0.25, 0.3) is 5.56 Å². The molecule has 0 bridgehead atoms. The zero-order valence-electron chi connectivity index (χ0n) is 17.4. The number of rotatable bonds is 6.